The highest BCUT2D eigenvalue weighted by molar-refractivity contribution is 6.01. The van der Waals surface area contributed by atoms with Gasteiger partial charge >= 0.3 is 0 Å². The number of carbonyl (C=O) groups excluding carboxylic acids is 3. The molecule has 0 atom stereocenters. The molecule has 10 heteroatoms. The van der Waals surface area contributed by atoms with Crippen molar-refractivity contribution in [2.45, 2.75) is 12.8 Å². The molecule has 1 aromatic carbocycles. The Balaban J connectivity index is 1.43. The van der Waals surface area contributed by atoms with Gasteiger partial charge in [0.25, 0.3) is 5.91 Å². The van der Waals surface area contributed by atoms with Crippen LogP contribution in [0.15, 0.2) is 30.5 Å². The Morgan fingerprint density at radius 3 is 2.68 bits per heavy atom. The number of ether oxygens (including phenoxy) is 2. The van der Waals surface area contributed by atoms with Gasteiger partial charge in [-0.2, -0.15) is 0 Å². The molecule has 34 heavy (non-hydrogen) atoms. The standard InChI is InChI=1S/C24H27N5O5/c1-25-23(32)15-9-26-20(28-22(31)14-6-7-14)8-17(15)27-16-4-3-5-18(21(16)33-2)29-11-24(12-29)13-34-10-19(24)30/h3-5,8-9,14H,6-7,10-13H2,1-2H3,(H,25,32)(H2,26,27,28,31). The lowest BCUT2D eigenvalue weighted by molar-refractivity contribution is -0.125. The molecule has 0 bridgehead atoms. The fraction of sp³-hybridized carbons (Fsp3) is 0.417. The van der Waals surface area contributed by atoms with Crippen LogP contribution in [0, 0.1) is 11.3 Å². The van der Waals surface area contributed by atoms with Gasteiger partial charge in [-0.15, -0.1) is 0 Å². The van der Waals surface area contributed by atoms with Crippen molar-refractivity contribution in [2.75, 3.05) is 56.0 Å². The van der Waals surface area contributed by atoms with Crippen molar-refractivity contribution < 1.29 is 23.9 Å². The molecule has 178 valence electrons. The number of ketones is 1. The van der Waals surface area contributed by atoms with Gasteiger partial charge in [-0.3, -0.25) is 14.4 Å². The van der Waals surface area contributed by atoms with E-state index < -0.39 is 5.41 Å². The number of nitrogens with zero attached hydrogens (tertiary/aromatic N) is 2. The van der Waals surface area contributed by atoms with Gasteiger partial charge < -0.3 is 30.3 Å². The molecule has 3 N–H and O–H groups in total. The lowest BCUT2D eigenvalue weighted by atomic mass is 9.78. The number of nitrogens with one attached hydrogen (secondary N) is 3. The van der Waals surface area contributed by atoms with Gasteiger partial charge in [0, 0.05) is 38.3 Å². The van der Waals surface area contributed by atoms with Crippen LogP contribution in [0.2, 0.25) is 0 Å². The predicted molar refractivity (Wildman–Crippen MR) is 126 cm³/mol. The zero-order chi connectivity index (χ0) is 23.9. The Morgan fingerprint density at radius 1 is 1.24 bits per heavy atom. The van der Waals surface area contributed by atoms with Crippen molar-refractivity contribution >= 4 is 40.5 Å². The summed E-state index contributed by atoms with van der Waals surface area (Å²) >= 11 is 0. The Morgan fingerprint density at radius 2 is 2.03 bits per heavy atom. The molecule has 2 aliphatic heterocycles. The molecule has 3 heterocycles. The van der Waals surface area contributed by atoms with Crippen LogP contribution in [0.25, 0.3) is 0 Å². The third-order valence-corrected chi connectivity index (χ3v) is 6.57. The summed E-state index contributed by atoms with van der Waals surface area (Å²) in [5.41, 5.74) is 1.87. The fourth-order valence-corrected chi connectivity index (χ4v) is 4.44. The highest BCUT2D eigenvalue weighted by Gasteiger charge is 2.53. The van der Waals surface area contributed by atoms with Crippen molar-refractivity contribution in [3.05, 3.63) is 36.0 Å². The first-order valence-corrected chi connectivity index (χ1v) is 11.3. The van der Waals surface area contributed by atoms with Crippen LogP contribution < -0.4 is 25.6 Å². The van der Waals surface area contributed by atoms with Crippen molar-refractivity contribution in [2.24, 2.45) is 11.3 Å². The van der Waals surface area contributed by atoms with Crippen molar-refractivity contribution in [3.63, 3.8) is 0 Å². The van der Waals surface area contributed by atoms with Crippen LogP contribution >= 0.6 is 0 Å². The maximum Gasteiger partial charge on any atom is 0.254 e. The number of methoxy groups -OCH3 is 1. The number of pyridine rings is 1. The lowest BCUT2D eigenvalue weighted by Crippen LogP contribution is -2.60. The van der Waals surface area contributed by atoms with Gasteiger partial charge in [0.1, 0.15) is 12.4 Å². The molecule has 5 rings (SSSR count). The number of benzene rings is 1. The molecule has 1 spiro atoms. The average Bonchev–Trinajstić information content (AvgIpc) is 3.59. The van der Waals surface area contributed by atoms with Gasteiger partial charge in [-0.05, 0) is 25.0 Å². The van der Waals surface area contributed by atoms with E-state index in [0.717, 1.165) is 18.5 Å². The number of anilines is 4. The summed E-state index contributed by atoms with van der Waals surface area (Å²) in [6, 6.07) is 7.31. The summed E-state index contributed by atoms with van der Waals surface area (Å²) in [5.74, 6) is 0.756. The Bertz CT molecular complexity index is 1160. The summed E-state index contributed by atoms with van der Waals surface area (Å²) < 4.78 is 11.1. The number of Topliss-reactive ketones (excluding diaryl/α,β-unsaturated/α-hetero) is 1. The SMILES string of the molecule is CNC(=O)c1cnc(NC(=O)C2CC2)cc1Nc1cccc(N2CC3(COCC3=O)C2)c1OC. The molecule has 0 radical (unpaired) electrons. The maximum atomic E-state index is 12.5. The van der Waals surface area contributed by atoms with Gasteiger partial charge in [0.15, 0.2) is 11.5 Å². The number of hydrogen-bond donors (Lipinski definition) is 3. The summed E-state index contributed by atoms with van der Waals surface area (Å²) in [4.78, 5) is 43.2. The first kappa shape index (κ1) is 22.1. The highest BCUT2D eigenvalue weighted by Crippen LogP contribution is 2.45. The van der Waals surface area contributed by atoms with Gasteiger partial charge in [0.05, 0.1) is 41.8 Å². The van der Waals surface area contributed by atoms with Crippen LogP contribution in [0.5, 0.6) is 5.75 Å². The van der Waals surface area contributed by atoms with Crippen LogP contribution in [0.4, 0.5) is 22.9 Å². The van der Waals surface area contributed by atoms with E-state index in [-0.39, 0.29) is 30.1 Å². The van der Waals surface area contributed by atoms with Crippen LogP contribution in [0.3, 0.4) is 0 Å². The largest absolute Gasteiger partial charge is 0.492 e. The summed E-state index contributed by atoms with van der Waals surface area (Å²) in [7, 11) is 3.13. The summed E-state index contributed by atoms with van der Waals surface area (Å²) in [5, 5.41) is 8.72. The molecular weight excluding hydrogens is 438 g/mol. The Labute approximate surface area is 197 Å². The fourth-order valence-electron chi connectivity index (χ4n) is 4.44. The minimum absolute atomic E-state index is 0.0329. The molecule has 3 aliphatic rings. The Hall–Kier alpha value is -3.66. The van der Waals surface area contributed by atoms with Crippen LogP contribution in [-0.2, 0) is 14.3 Å². The lowest BCUT2D eigenvalue weighted by Gasteiger charge is -2.47. The molecule has 2 aromatic rings. The Kier molecular flexibility index (Phi) is 5.60. The van der Waals surface area contributed by atoms with Crippen LogP contribution in [-0.4, -0.2) is 63.0 Å². The van der Waals surface area contributed by atoms with E-state index in [4.69, 9.17) is 9.47 Å². The molecule has 2 amide bonds. The number of para-hydroxylation sites is 1. The average molecular weight is 466 g/mol. The third-order valence-electron chi connectivity index (χ3n) is 6.57. The number of rotatable bonds is 7. The van der Waals surface area contributed by atoms with E-state index in [1.165, 1.54) is 6.20 Å². The molecule has 1 aromatic heterocycles. The molecule has 10 nitrogen and oxygen atoms in total. The second kappa shape index (κ2) is 8.60. The van der Waals surface area contributed by atoms with E-state index in [1.54, 1.807) is 20.2 Å². The minimum atomic E-state index is -0.430. The number of carbonyl (C=O) groups is 3. The van der Waals surface area contributed by atoms with Gasteiger partial charge in [-0.1, -0.05) is 6.07 Å². The monoisotopic (exact) mass is 465 g/mol. The molecular formula is C24H27N5O5. The van der Waals surface area contributed by atoms with E-state index in [9.17, 15) is 14.4 Å². The van der Waals surface area contributed by atoms with Gasteiger partial charge in [-0.25, -0.2) is 4.98 Å². The first-order chi connectivity index (χ1) is 16.4. The second-order valence-electron chi connectivity index (χ2n) is 8.99. The maximum absolute atomic E-state index is 12.5. The predicted octanol–water partition coefficient (Wildman–Crippen LogP) is 1.95. The highest BCUT2D eigenvalue weighted by atomic mass is 16.5. The van der Waals surface area contributed by atoms with E-state index in [0.29, 0.717) is 48.2 Å². The molecule has 1 aliphatic carbocycles. The zero-order valence-corrected chi connectivity index (χ0v) is 19.1. The molecule has 3 fully saturated rings. The summed E-state index contributed by atoms with van der Waals surface area (Å²) in [6.07, 6.45) is 3.20. The van der Waals surface area contributed by atoms with Crippen molar-refractivity contribution in [1.82, 2.24) is 10.3 Å². The second-order valence-corrected chi connectivity index (χ2v) is 8.99. The zero-order valence-electron chi connectivity index (χ0n) is 19.1. The smallest absolute Gasteiger partial charge is 0.254 e. The first-order valence-electron chi connectivity index (χ1n) is 11.3. The van der Waals surface area contributed by atoms with Crippen molar-refractivity contribution in [3.8, 4) is 5.75 Å². The molecule has 0 unspecified atom stereocenters. The molecule has 1 saturated carbocycles. The minimum Gasteiger partial charge on any atom is -0.492 e. The van der Waals surface area contributed by atoms with Crippen molar-refractivity contribution in [1.29, 1.82) is 0 Å². The summed E-state index contributed by atoms with van der Waals surface area (Å²) in [6.45, 7) is 1.77. The van der Waals surface area contributed by atoms with E-state index in [2.05, 4.69) is 25.8 Å². The van der Waals surface area contributed by atoms with Gasteiger partial charge in [0.2, 0.25) is 5.91 Å². The number of amides is 2. The number of aromatic nitrogens is 1. The topological polar surface area (TPSA) is 122 Å². The van der Waals surface area contributed by atoms with E-state index in [1.807, 2.05) is 18.2 Å². The number of hydrogen-bond acceptors (Lipinski definition) is 8. The quantitative estimate of drug-likeness (QED) is 0.567. The normalized spacial score (nSPS) is 18.4. The van der Waals surface area contributed by atoms with Crippen LogP contribution in [0.1, 0.15) is 23.2 Å². The molecule has 2 saturated heterocycles. The third kappa shape index (κ3) is 3.94. The van der Waals surface area contributed by atoms with E-state index >= 15 is 0 Å².